The Kier molecular flexibility index (Phi) is 3.21. The molecule has 0 aromatic heterocycles. The number of nitrogens with one attached hydrogen (secondary N) is 1. The summed E-state index contributed by atoms with van der Waals surface area (Å²) in [7, 11) is 0. The minimum Gasteiger partial charge on any atom is -0.504 e. The van der Waals surface area contributed by atoms with Gasteiger partial charge in [0.05, 0.1) is 0 Å². The second-order valence-corrected chi connectivity index (χ2v) is 5.71. The summed E-state index contributed by atoms with van der Waals surface area (Å²) in [6.45, 7) is 0.698. The number of benzene rings is 2. The van der Waals surface area contributed by atoms with E-state index in [1.54, 1.807) is 12.1 Å². The zero-order chi connectivity index (χ0) is 13.4. The van der Waals surface area contributed by atoms with E-state index in [0.717, 1.165) is 22.0 Å². The number of fused-ring (bicyclic) bond motifs is 1. The summed E-state index contributed by atoms with van der Waals surface area (Å²) < 4.78 is 1.06. The summed E-state index contributed by atoms with van der Waals surface area (Å²) in [6, 6.07) is 11.8. The first kappa shape index (κ1) is 12.5. The highest BCUT2D eigenvalue weighted by molar-refractivity contribution is 9.10. The molecule has 4 heteroatoms. The summed E-state index contributed by atoms with van der Waals surface area (Å²) in [5.74, 6) is -0.0992. The molecule has 98 valence electrons. The van der Waals surface area contributed by atoms with Gasteiger partial charge in [-0.1, -0.05) is 28.1 Å². The SMILES string of the molecule is Oc1cc2c(cc1O)CC(c1ccc(Br)cc1)NC2. The Morgan fingerprint density at radius 2 is 1.63 bits per heavy atom. The highest BCUT2D eigenvalue weighted by atomic mass is 79.9. The van der Waals surface area contributed by atoms with Gasteiger partial charge in [-0.25, -0.2) is 0 Å². The Labute approximate surface area is 120 Å². The van der Waals surface area contributed by atoms with Crippen molar-refractivity contribution >= 4 is 15.9 Å². The number of phenolic OH excluding ortho intramolecular Hbond substituents is 2. The van der Waals surface area contributed by atoms with Crippen LogP contribution in [0.15, 0.2) is 40.9 Å². The molecule has 1 unspecified atom stereocenters. The van der Waals surface area contributed by atoms with Gasteiger partial charge in [0.1, 0.15) is 0 Å². The molecular formula is C15H14BrNO2. The Morgan fingerprint density at radius 1 is 1.00 bits per heavy atom. The van der Waals surface area contributed by atoms with E-state index >= 15 is 0 Å². The van der Waals surface area contributed by atoms with E-state index in [1.807, 2.05) is 12.1 Å². The van der Waals surface area contributed by atoms with Crippen molar-refractivity contribution in [1.29, 1.82) is 0 Å². The van der Waals surface area contributed by atoms with E-state index in [9.17, 15) is 10.2 Å². The van der Waals surface area contributed by atoms with Crippen LogP contribution in [0.3, 0.4) is 0 Å². The van der Waals surface area contributed by atoms with Crippen LogP contribution in [0.5, 0.6) is 11.5 Å². The van der Waals surface area contributed by atoms with E-state index < -0.39 is 0 Å². The van der Waals surface area contributed by atoms with Gasteiger partial charge in [0.15, 0.2) is 11.5 Å². The van der Waals surface area contributed by atoms with Crippen LogP contribution in [0.25, 0.3) is 0 Å². The number of phenols is 2. The Balaban J connectivity index is 1.89. The molecule has 19 heavy (non-hydrogen) atoms. The average Bonchev–Trinajstić information content (AvgIpc) is 2.40. The van der Waals surface area contributed by atoms with Gasteiger partial charge in [0.25, 0.3) is 0 Å². The number of hydrogen-bond acceptors (Lipinski definition) is 3. The maximum Gasteiger partial charge on any atom is 0.157 e. The maximum atomic E-state index is 9.59. The third-order valence-electron chi connectivity index (χ3n) is 3.53. The lowest BCUT2D eigenvalue weighted by atomic mass is 9.91. The van der Waals surface area contributed by atoms with Crippen LogP contribution >= 0.6 is 15.9 Å². The number of aromatic hydroxyl groups is 2. The molecular weight excluding hydrogens is 306 g/mol. The molecule has 0 amide bonds. The topological polar surface area (TPSA) is 52.5 Å². The van der Waals surface area contributed by atoms with Gasteiger partial charge in [0, 0.05) is 17.1 Å². The van der Waals surface area contributed by atoms with Gasteiger partial charge in [-0.05, 0) is 47.4 Å². The molecule has 0 radical (unpaired) electrons. The molecule has 0 fully saturated rings. The van der Waals surface area contributed by atoms with E-state index in [2.05, 4.69) is 33.4 Å². The van der Waals surface area contributed by atoms with Crippen molar-refractivity contribution < 1.29 is 10.2 Å². The predicted molar refractivity (Wildman–Crippen MR) is 77.2 cm³/mol. The van der Waals surface area contributed by atoms with Crippen molar-refractivity contribution in [3.8, 4) is 11.5 Å². The summed E-state index contributed by atoms with van der Waals surface area (Å²) in [5.41, 5.74) is 3.35. The second-order valence-electron chi connectivity index (χ2n) is 4.80. The van der Waals surface area contributed by atoms with E-state index in [0.29, 0.717) is 6.54 Å². The normalized spacial score (nSPS) is 18.1. The summed E-state index contributed by atoms with van der Waals surface area (Å²) in [6.07, 6.45) is 0.810. The molecule has 3 rings (SSSR count). The van der Waals surface area contributed by atoms with E-state index in [4.69, 9.17) is 0 Å². The van der Waals surface area contributed by atoms with Crippen LogP contribution in [0.4, 0.5) is 0 Å². The van der Waals surface area contributed by atoms with Crippen LogP contribution in [0.1, 0.15) is 22.7 Å². The summed E-state index contributed by atoms with van der Waals surface area (Å²) in [5, 5.41) is 22.5. The molecule has 2 aromatic carbocycles. The van der Waals surface area contributed by atoms with Crippen molar-refractivity contribution in [2.75, 3.05) is 0 Å². The molecule has 0 saturated carbocycles. The standard InChI is InChI=1S/C15H14BrNO2/c16-12-3-1-9(2-4-12)13-5-10-6-14(18)15(19)7-11(10)8-17-13/h1-4,6-7,13,17-19H,5,8H2. The summed E-state index contributed by atoms with van der Waals surface area (Å²) >= 11 is 3.43. The monoisotopic (exact) mass is 319 g/mol. The third-order valence-corrected chi connectivity index (χ3v) is 4.06. The van der Waals surface area contributed by atoms with Crippen molar-refractivity contribution in [2.45, 2.75) is 19.0 Å². The Bertz CT molecular complexity index is 610. The van der Waals surface area contributed by atoms with Gasteiger partial charge in [-0.3, -0.25) is 0 Å². The van der Waals surface area contributed by atoms with Crippen LogP contribution in [0, 0.1) is 0 Å². The minimum atomic E-state index is -0.0531. The predicted octanol–water partition coefficient (Wildman–Crippen LogP) is 3.25. The first-order chi connectivity index (χ1) is 9.13. The fraction of sp³-hybridized carbons (Fsp3) is 0.200. The average molecular weight is 320 g/mol. The first-order valence-electron chi connectivity index (χ1n) is 6.16. The van der Waals surface area contributed by atoms with Crippen LogP contribution in [-0.2, 0) is 13.0 Å². The quantitative estimate of drug-likeness (QED) is 0.707. The Hall–Kier alpha value is -1.52. The van der Waals surface area contributed by atoms with Crippen LogP contribution in [0.2, 0.25) is 0 Å². The highest BCUT2D eigenvalue weighted by Gasteiger charge is 2.20. The molecule has 2 aromatic rings. The van der Waals surface area contributed by atoms with Gasteiger partial charge in [-0.2, -0.15) is 0 Å². The Morgan fingerprint density at radius 3 is 2.32 bits per heavy atom. The molecule has 1 heterocycles. The van der Waals surface area contributed by atoms with E-state index in [-0.39, 0.29) is 17.5 Å². The molecule has 1 atom stereocenters. The lowest BCUT2D eigenvalue weighted by Gasteiger charge is -2.27. The molecule has 3 N–H and O–H groups in total. The van der Waals surface area contributed by atoms with Gasteiger partial charge < -0.3 is 15.5 Å². The zero-order valence-corrected chi connectivity index (χ0v) is 11.8. The second kappa shape index (κ2) is 4.87. The van der Waals surface area contributed by atoms with Gasteiger partial charge in [-0.15, -0.1) is 0 Å². The molecule has 0 spiro atoms. The molecule has 0 bridgehead atoms. The van der Waals surface area contributed by atoms with Crippen LogP contribution in [-0.4, -0.2) is 10.2 Å². The smallest absolute Gasteiger partial charge is 0.157 e. The minimum absolute atomic E-state index is 0.0461. The largest absolute Gasteiger partial charge is 0.504 e. The number of halogens is 1. The third kappa shape index (κ3) is 2.46. The van der Waals surface area contributed by atoms with E-state index in [1.165, 1.54) is 5.56 Å². The molecule has 0 aliphatic carbocycles. The number of rotatable bonds is 1. The molecule has 0 saturated heterocycles. The molecule has 1 aliphatic heterocycles. The van der Waals surface area contributed by atoms with Gasteiger partial charge >= 0.3 is 0 Å². The molecule has 1 aliphatic rings. The van der Waals surface area contributed by atoms with Gasteiger partial charge in [0.2, 0.25) is 0 Å². The zero-order valence-electron chi connectivity index (χ0n) is 10.2. The maximum absolute atomic E-state index is 9.59. The van der Waals surface area contributed by atoms with Crippen molar-refractivity contribution in [3.05, 3.63) is 57.6 Å². The van der Waals surface area contributed by atoms with Crippen molar-refractivity contribution in [1.82, 2.24) is 5.32 Å². The fourth-order valence-electron chi connectivity index (χ4n) is 2.47. The lowest BCUT2D eigenvalue weighted by Crippen LogP contribution is -2.28. The number of hydrogen-bond donors (Lipinski definition) is 3. The molecule has 3 nitrogen and oxygen atoms in total. The van der Waals surface area contributed by atoms with Crippen LogP contribution < -0.4 is 5.32 Å². The highest BCUT2D eigenvalue weighted by Crippen LogP contribution is 2.33. The van der Waals surface area contributed by atoms with Crippen molar-refractivity contribution in [3.63, 3.8) is 0 Å². The van der Waals surface area contributed by atoms with Crippen molar-refractivity contribution in [2.24, 2.45) is 0 Å². The first-order valence-corrected chi connectivity index (χ1v) is 6.95. The fourth-order valence-corrected chi connectivity index (χ4v) is 2.74. The summed E-state index contributed by atoms with van der Waals surface area (Å²) in [4.78, 5) is 0. The lowest BCUT2D eigenvalue weighted by molar-refractivity contribution is 0.399.